The number of hydrogen-bond acceptors (Lipinski definition) is 5. The molecule has 2 heterocycles. The molecule has 1 aliphatic rings. The predicted octanol–water partition coefficient (Wildman–Crippen LogP) is 4.81. The summed E-state index contributed by atoms with van der Waals surface area (Å²) in [5.41, 5.74) is 2.65. The fourth-order valence-electron chi connectivity index (χ4n) is 3.48. The molecule has 0 unspecified atom stereocenters. The van der Waals surface area contributed by atoms with Crippen LogP contribution in [0.4, 0.5) is 15.2 Å². The number of carbonyl (C=O) groups is 1. The summed E-state index contributed by atoms with van der Waals surface area (Å²) in [7, 11) is 0. The molecule has 1 aliphatic heterocycles. The lowest BCUT2D eigenvalue weighted by molar-refractivity contribution is 0.0654. The van der Waals surface area contributed by atoms with Gasteiger partial charge in [0, 0.05) is 38.4 Å². The molecule has 1 aromatic heterocycles. The van der Waals surface area contributed by atoms with Crippen LogP contribution in [0, 0.1) is 12.7 Å². The van der Waals surface area contributed by atoms with Crippen molar-refractivity contribution in [1.82, 2.24) is 14.8 Å². The molecule has 3 aromatic rings. The third-order valence-electron chi connectivity index (χ3n) is 5.22. The van der Waals surface area contributed by atoms with Crippen molar-refractivity contribution in [2.75, 3.05) is 38.0 Å². The van der Waals surface area contributed by atoms with E-state index in [4.69, 9.17) is 0 Å². The summed E-state index contributed by atoms with van der Waals surface area (Å²) in [6.07, 6.45) is 4.31. The van der Waals surface area contributed by atoms with Crippen LogP contribution in [0.5, 0.6) is 0 Å². The molecule has 0 spiro atoms. The van der Waals surface area contributed by atoms with Gasteiger partial charge in [-0.15, -0.1) is 0 Å². The van der Waals surface area contributed by atoms with E-state index >= 15 is 0 Å². The second-order valence-electron chi connectivity index (χ2n) is 7.47. The van der Waals surface area contributed by atoms with Gasteiger partial charge in [0.05, 0.1) is 5.69 Å². The summed E-state index contributed by atoms with van der Waals surface area (Å²) in [6.45, 7) is 5.84. The zero-order chi connectivity index (χ0) is 21.6. The molecule has 5 nitrogen and oxygen atoms in total. The number of amides is 1. The Morgan fingerprint density at radius 2 is 1.81 bits per heavy atom. The van der Waals surface area contributed by atoms with Crippen molar-refractivity contribution < 1.29 is 9.18 Å². The fourth-order valence-corrected chi connectivity index (χ4v) is 4.44. The van der Waals surface area contributed by atoms with Gasteiger partial charge in [0.2, 0.25) is 0 Å². The molecule has 0 aliphatic carbocycles. The van der Waals surface area contributed by atoms with E-state index in [1.54, 1.807) is 12.1 Å². The number of piperazine rings is 1. The van der Waals surface area contributed by atoms with Crippen LogP contribution in [0.1, 0.15) is 20.9 Å². The van der Waals surface area contributed by atoms with Gasteiger partial charge in [0.1, 0.15) is 10.7 Å². The van der Waals surface area contributed by atoms with Crippen molar-refractivity contribution in [2.45, 2.75) is 6.92 Å². The van der Waals surface area contributed by atoms with E-state index in [-0.39, 0.29) is 11.7 Å². The molecule has 7 heteroatoms. The fraction of sp³-hybridized carbons (Fsp3) is 0.250. The van der Waals surface area contributed by atoms with E-state index in [1.807, 2.05) is 30.0 Å². The Morgan fingerprint density at radius 3 is 2.52 bits per heavy atom. The van der Waals surface area contributed by atoms with Gasteiger partial charge < -0.3 is 10.2 Å². The molecule has 1 fully saturated rings. The molecule has 1 amide bonds. The van der Waals surface area contributed by atoms with Crippen molar-refractivity contribution >= 4 is 34.1 Å². The molecule has 160 valence electrons. The minimum Gasteiger partial charge on any atom is -0.335 e. The standard InChI is InChI=1S/C24H25FN4OS/c1-18-22(31-24(26-18)27-21-11-9-20(25)10-12-21)23(30)29-16-14-28(15-17-29)13-5-8-19-6-3-2-4-7-19/h2-12H,13-17H2,1H3,(H,26,27)/b8-5+. The normalized spacial score (nSPS) is 14.8. The Kier molecular flexibility index (Phi) is 6.74. The Hall–Kier alpha value is -3.03. The average Bonchev–Trinajstić information content (AvgIpc) is 3.16. The van der Waals surface area contributed by atoms with Gasteiger partial charge in [0.25, 0.3) is 5.91 Å². The van der Waals surface area contributed by atoms with Gasteiger partial charge in [-0.25, -0.2) is 9.37 Å². The molecule has 0 saturated carbocycles. The second kappa shape index (κ2) is 9.85. The highest BCUT2D eigenvalue weighted by Gasteiger charge is 2.25. The number of aromatic nitrogens is 1. The molecular weight excluding hydrogens is 411 g/mol. The minimum atomic E-state index is -0.286. The number of thiazole rings is 1. The summed E-state index contributed by atoms with van der Waals surface area (Å²) in [6, 6.07) is 16.3. The van der Waals surface area contributed by atoms with Crippen LogP contribution >= 0.6 is 11.3 Å². The maximum atomic E-state index is 13.1. The number of nitrogens with one attached hydrogen (secondary N) is 1. The lowest BCUT2D eigenvalue weighted by Gasteiger charge is -2.34. The Labute approximate surface area is 185 Å². The van der Waals surface area contributed by atoms with E-state index in [0.29, 0.717) is 28.8 Å². The first kappa shape index (κ1) is 21.2. The maximum Gasteiger partial charge on any atom is 0.266 e. The quantitative estimate of drug-likeness (QED) is 0.603. The molecule has 1 N–H and O–H groups in total. The number of aryl methyl sites for hydroxylation is 1. The van der Waals surface area contributed by atoms with Crippen LogP contribution in [-0.4, -0.2) is 53.4 Å². The molecule has 2 aromatic carbocycles. The monoisotopic (exact) mass is 436 g/mol. The zero-order valence-electron chi connectivity index (χ0n) is 17.4. The number of benzene rings is 2. The van der Waals surface area contributed by atoms with E-state index in [2.05, 4.69) is 39.5 Å². The lowest BCUT2D eigenvalue weighted by Crippen LogP contribution is -2.48. The minimum absolute atomic E-state index is 0.0293. The summed E-state index contributed by atoms with van der Waals surface area (Å²) in [5.74, 6) is -0.256. The van der Waals surface area contributed by atoms with Gasteiger partial charge in [-0.1, -0.05) is 53.8 Å². The predicted molar refractivity (Wildman–Crippen MR) is 124 cm³/mol. The Bertz CT molecular complexity index is 1040. The lowest BCUT2D eigenvalue weighted by atomic mass is 10.2. The molecule has 0 radical (unpaired) electrons. The first-order valence-corrected chi connectivity index (χ1v) is 11.1. The smallest absolute Gasteiger partial charge is 0.266 e. The van der Waals surface area contributed by atoms with Crippen molar-refractivity contribution in [3.05, 3.63) is 82.6 Å². The van der Waals surface area contributed by atoms with E-state index < -0.39 is 0 Å². The van der Waals surface area contributed by atoms with E-state index in [9.17, 15) is 9.18 Å². The number of anilines is 2. The van der Waals surface area contributed by atoms with Crippen molar-refractivity contribution in [3.63, 3.8) is 0 Å². The molecule has 31 heavy (non-hydrogen) atoms. The summed E-state index contributed by atoms with van der Waals surface area (Å²) >= 11 is 1.34. The number of halogens is 1. The SMILES string of the molecule is Cc1nc(Nc2ccc(F)cc2)sc1C(=O)N1CCN(C/C=C/c2ccccc2)CC1. The highest BCUT2D eigenvalue weighted by Crippen LogP contribution is 2.27. The van der Waals surface area contributed by atoms with Crippen LogP contribution in [0.2, 0.25) is 0 Å². The van der Waals surface area contributed by atoms with Crippen molar-refractivity contribution in [1.29, 1.82) is 0 Å². The van der Waals surface area contributed by atoms with Crippen molar-refractivity contribution in [2.24, 2.45) is 0 Å². The van der Waals surface area contributed by atoms with Crippen molar-refractivity contribution in [3.8, 4) is 0 Å². The molecule has 0 atom stereocenters. The van der Waals surface area contributed by atoms with Gasteiger partial charge in [-0.05, 0) is 36.8 Å². The van der Waals surface area contributed by atoms with E-state index in [1.165, 1.54) is 29.0 Å². The van der Waals surface area contributed by atoms with E-state index in [0.717, 1.165) is 25.3 Å². The van der Waals surface area contributed by atoms with Crippen LogP contribution < -0.4 is 5.32 Å². The third-order valence-corrected chi connectivity index (χ3v) is 6.28. The number of rotatable bonds is 6. The first-order valence-electron chi connectivity index (χ1n) is 10.3. The second-order valence-corrected chi connectivity index (χ2v) is 8.47. The highest BCUT2D eigenvalue weighted by molar-refractivity contribution is 7.17. The Balaban J connectivity index is 1.30. The molecule has 4 rings (SSSR count). The topological polar surface area (TPSA) is 48.5 Å². The van der Waals surface area contributed by atoms with Gasteiger partial charge in [-0.2, -0.15) is 0 Å². The summed E-state index contributed by atoms with van der Waals surface area (Å²) < 4.78 is 13.1. The largest absolute Gasteiger partial charge is 0.335 e. The maximum absolute atomic E-state index is 13.1. The third kappa shape index (κ3) is 5.57. The molecular formula is C24H25FN4OS. The van der Waals surface area contributed by atoms with Crippen LogP contribution in [0.3, 0.4) is 0 Å². The van der Waals surface area contributed by atoms with Crippen LogP contribution in [0.25, 0.3) is 6.08 Å². The first-order chi connectivity index (χ1) is 15.1. The summed E-state index contributed by atoms with van der Waals surface area (Å²) in [4.78, 5) is 22.4. The number of carbonyl (C=O) groups excluding carboxylic acids is 1. The zero-order valence-corrected chi connectivity index (χ0v) is 18.2. The van der Waals surface area contributed by atoms with Gasteiger partial charge >= 0.3 is 0 Å². The molecule has 0 bridgehead atoms. The van der Waals surface area contributed by atoms with Gasteiger partial charge in [0.15, 0.2) is 5.13 Å². The van der Waals surface area contributed by atoms with Crippen LogP contribution in [-0.2, 0) is 0 Å². The Morgan fingerprint density at radius 1 is 1.10 bits per heavy atom. The summed E-state index contributed by atoms with van der Waals surface area (Å²) in [5, 5.41) is 3.78. The number of nitrogens with zero attached hydrogens (tertiary/aromatic N) is 3. The van der Waals surface area contributed by atoms with Crippen LogP contribution in [0.15, 0.2) is 60.7 Å². The highest BCUT2D eigenvalue weighted by atomic mass is 32.1. The molecule has 1 saturated heterocycles. The van der Waals surface area contributed by atoms with Gasteiger partial charge in [-0.3, -0.25) is 9.69 Å². The number of hydrogen-bond donors (Lipinski definition) is 1. The average molecular weight is 437 g/mol.